The van der Waals surface area contributed by atoms with Crippen molar-refractivity contribution in [2.24, 2.45) is 4.99 Å². The van der Waals surface area contributed by atoms with Gasteiger partial charge in [0.25, 0.3) is 0 Å². The molecule has 0 unspecified atom stereocenters. The van der Waals surface area contributed by atoms with Gasteiger partial charge in [0, 0.05) is 43.0 Å². The number of aliphatic imine (C=N–C) groups is 1. The Hall–Kier alpha value is -2.67. The Morgan fingerprint density at radius 1 is 1.19 bits per heavy atom. The van der Waals surface area contributed by atoms with E-state index in [-0.39, 0.29) is 0 Å². The van der Waals surface area contributed by atoms with Crippen LogP contribution in [-0.4, -0.2) is 33.8 Å². The molecule has 0 bridgehead atoms. The standard InChI is InChI=1S/C20H26N6S/c1-3-21-20(22-11-9-19-23-13-16(2)27-19)24-14-17-7-4-5-8-18(17)15-26-12-6-10-25-26/h4-8,10,12-13H,3,9,11,14-15H2,1-2H3,(H2,21,22,24). The quantitative estimate of drug-likeness (QED) is 0.464. The number of aromatic nitrogens is 3. The average molecular weight is 383 g/mol. The summed E-state index contributed by atoms with van der Waals surface area (Å²) in [6, 6.07) is 10.3. The fourth-order valence-corrected chi connectivity index (χ4v) is 3.53. The summed E-state index contributed by atoms with van der Waals surface area (Å²) in [5.74, 6) is 0.833. The Kier molecular flexibility index (Phi) is 6.98. The number of nitrogens with one attached hydrogen (secondary N) is 2. The lowest BCUT2D eigenvalue weighted by Crippen LogP contribution is -2.38. The zero-order valence-electron chi connectivity index (χ0n) is 15.9. The SMILES string of the molecule is CCNC(=NCc1ccccc1Cn1cccn1)NCCc1ncc(C)s1. The molecule has 0 saturated heterocycles. The summed E-state index contributed by atoms with van der Waals surface area (Å²) < 4.78 is 1.93. The third kappa shape index (κ3) is 5.92. The molecule has 142 valence electrons. The third-order valence-corrected chi connectivity index (χ3v) is 5.03. The Balaban J connectivity index is 1.60. The molecule has 0 radical (unpaired) electrons. The van der Waals surface area contributed by atoms with Gasteiger partial charge in [0.15, 0.2) is 5.96 Å². The highest BCUT2D eigenvalue weighted by molar-refractivity contribution is 7.11. The fourth-order valence-electron chi connectivity index (χ4n) is 2.75. The minimum atomic E-state index is 0.628. The van der Waals surface area contributed by atoms with Crippen molar-refractivity contribution in [3.63, 3.8) is 0 Å². The summed E-state index contributed by atoms with van der Waals surface area (Å²) in [6.45, 7) is 7.19. The number of aryl methyl sites for hydroxylation is 1. The zero-order valence-corrected chi connectivity index (χ0v) is 16.7. The normalized spacial score (nSPS) is 11.6. The maximum absolute atomic E-state index is 4.76. The van der Waals surface area contributed by atoms with E-state index in [1.54, 1.807) is 17.5 Å². The smallest absolute Gasteiger partial charge is 0.191 e. The van der Waals surface area contributed by atoms with Gasteiger partial charge in [-0.2, -0.15) is 5.10 Å². The molecular formula is C20H26N6S. The van der Waals surface area contributed by atoms with E-state index >= 15 is 0 Å². The largest absolute Gasteiger partial charge is 0.357 e. The first-order valence-corrected chi connectivity index (χ1v) is 10.0. The Morgan fingerprint density at radius 2 is 2.04 bits per heavy atom. The predicted molar refractivity (Wildman–Crippen MR) is 111 cm³/mol. The van der Waals surface area contributed by atoms with Gasteiger partial charge in [-0.1, -0.05) is 24.3 Å². The van der Waals surface area contributed by atoms with E-state index in [0.29, 0.717) is 6.54 Å². The van der Waals surface area contributed by atoms with E-state index in [1.165, 1.54) is 16.0 Å². The lowest BCUT2D eigenvalue weighted by atomic mass is 10.1. The molecule has 2 aromatic heterocycles. The molecular weight excluding hydrogens is 356 g/mol. The molecule has 6 nitrogen and oxygen atoms in total. The van der Waals surface area contributed by atoms with Gasteiger partial charge in [0.05, 0.1) is 18.1 Å². The van der Waals surface area contributed by atoms with Crippen LogP contribution in [0.1, 0.15) is 27.9 Å². The number of hydrogen-bond donors (Lipinski definition) is 2. The highest BCUT2D eigenvalue weighted by Crippen LogP contribution is 2.12. The maximum atomic E-state index is 4.76. The van der Waals surface area contributed by atoms with Crippen molar-refractivity contribution in [3.05, 3.63) is 69.9 Å². The lowest BCUT2D eigenvalue weighted by molar-refractivity contribution is 0.680. The van der Waals surface area contributed by atoms with Crippen molar-refractivity contribution >= 4 is 17.3 Å². The first kappa shape index (κ1) is 19.1. The number of hydrogen-bond acceptors (Lipinski definition) is 4. The molecule has 0 aliphatic rings. The first-order chi connectivity index (χ1) is 13.2. The van der Waals surface area contributed by atoms with E-state index in [0.717, 1.165) is 37.0 Å². The molecule has 0 aliphatic carbocycles. The van der Waals surface area contributed by atoms with Crippen LogP contribution >= 0.6 is 11.3 Å². The zero-order chi connectivity index (χ0) is 18.9. The molecule has 3 aromatic rings. The van der Waals surface area contributed by atoms with Crippen molar-refractivity contribution in [1.82, 2.24) is 25.4 Å². The van der Waals surface area contributed by atoms with Gasteiger partial charge < -0.3 is 10.6 Å². The summed E-state index contributed by atoms with van der Waals surface area (Å²) in [6.07, 6.45) is 6.61. The highest BCUT2D eigenvalue weighted by atomic mass is 32.1. The van der Waals surface area contributed by atoms with Crippen LogP contribution in [0.25, 0.3) is 0 Å². The van der Waals surface area contributed by atoms with E-state index in [4.69, 9.17) is 4.99 Å². The van der Waals surface area contributed by atoms with Crippen molar-refractivity contribution in [2.75, 3.05) is 13.1 Å². The topological polar surface area (TPSA) is 67.1 Å². The molecule has 2 heterocycles. The molecule has 0 fully saturated rings. The number of benzene rings is 1. The van der Waals surface area contributed by atoms with E-state index in [2.05, 4.69) is 58.8 Å². The molecule has 3 rings (SSSR count). The van der Waals surface area contributed by atoms with Gasteiger partial charge in [-0.15, -0.1) is 11.3 Å². The molecule has 0 amide bonds. The van der Waals surface area contributed by atoms with Crippen LogP contribution in [-0.2, 0) is 19.5 Å². The van der Waals surface area contributed by atoms with Gasteiger partial charge in [-0.3, -0.25) is 4.68 Å². The highest BCUT2D eigenvalue weighted by Gasteiger charge is 2.04. The molecule has 0 atom stereocenters. The van der Waals surface area contributed by atoms with Gasteiger partial charge in [0.1, 0.15) is 0 Å². The third-order valence-electron chi connectivity index (χ3n) is 4.06. The van der Waals surface area contributed by atoms with Crippen LogP contribution in [0.2, 0.25) is 0 Å². The van der Waals surface area contributed by atoms with Gasteiger partial charge in [0.2, 0.25) is 0 Å². The van der Waals surface area contributed by atoms with Crippen molar-refractivity contribution in [1.29, 1.82) is 0 Å². The number of nitrogens with zero attached hydrogens (tertiary/aromatic N) is 4. The van der Waals surface area contributed by atoms with E-state index in [9.17, 15) is 0 Å². The molecule has 1 aromatic carbocycles. The van der Waals surface area contributed by atoms with Crippen LogP contribution in [0.3, 0.4) is 0 Å². The second kappa shape index (κ2) is 9.87. The predicted octanol–water partition coefficient (Wildman–Crippen LogP) is 2.99. The average Bonchev–Trinajstić information content (AvgIpc) is 3.32. The molecule has 0 saturated carbocycles. The van der Waals surface area contributed by atoms with Crippen LogP contribution < -0.4 is 10.6 Å². The monoisotopic (exact) mass is 382 g/mol. The van der Waals surface area contributed by atoms with Crippen LogP contribution in [0, 0.1) is 6.92 Å². The van der Waals surface area contributed by atoms with Gasteiger partial charge in [-0.25, -0.2) is 9.98 Å². The van der Waals surface area contributed by atoms with Crippen LogP contribution in [0.15, 0.2) is 53.9 Å². The maximum Gasteiger partial charge on any atom is 0.191 e. The van der Waals surface area contributed by atoms with Crippen LogP contribution in [0.4, 0.5) is 0 Å². The Morgan fingerprint density at radius 3 is 2.74 bits per heavy atom. The molecule has 2 N–H and O–H groups in total. The summed E-state index contributed by atoms with van der Waals surface area (Å²) in [5, 5.41) is 12.2. The molecule has 27 heavy (non-hydrogen) atoms. The second-order valence-electron chi connectivity index (χ2n) is 6.21. The summed E-state index contributed by atoms with van der Waals surface area (Å²) in [4.78, 5) is 10.4. The van der Waals surface area contributed by atoms with Crippen molar-refractivity contribution < 1.29 is 0 Å². The van der Waals surface area contributed by atoms with Crippen molar-refractivity contribution in [3.8, 4) is 0 Å². The number of guanidine groups is 1. The molecule has 0 spiro atoms. The fraction of sp³-hybridized carbons (Fsp3) is 0.350. The lowest BCUT2D eigenvalue weighted by Gasteiger charge is -2.12. The first-order valence-electron chi connectivity index (χ1n) is 9.22. The van der Waals surface area contributed by atoms with E-state index in [1.807, 2.05) is 23.1 Å². The number of rotatable bonds is 8. The summed E-state index contributed by atoms with van der Waals surface area (Å²) in [5.41, 5.74) is 2.44. The van der Waals surface area contributed by atoms with Gasteiger partial charge >= 0.3 is 0 Å². The van der Waals surface area contributed by atoms with Gasteiger partial charge in [-0.05, 0) is 31.0 Å². The summed E-state index contributed by atoms with van der Waals surface area (Å²) >= 11 is 1.75. The Labute approximate surface area is 164 Å². The minimum absolute atomic E-state index is 0.628. The van der Waals surface area contributed by atoms with E-state index < -0.39 is 0 Å². The van der Waals surface area contributed by atoms with Crippen molar-refractivity contribution in [2.45, 2.75) is 33.4 Å². The molecule has 0 aliphatic heterocycles. The number of thiazole rings is 1. The van der Waals surface area contributed by atoms with Crippen LogP contribution in [0.5, 0.6) is 0 Å². The second-order valence-corrected chi connectivity index (χ2v) is 7.53. The minimum Gasteiger partial charge on any atom is -0.357 e. The summed E-state index contributed by atoms with van der Waals surface area (Å²) in [7, 11) is 0. The molecule has 7 heteroatoms. The Bertz CT molecular complexity index is 853.